The van der Waals surface area contributed by atoms with Gasteiger partial charge in [-0.25, -0.2) is 4.79 Å². The van der Waals surface area contributed by atoms with E-state index in [1.165, 1.54) is 6.92 Å². The standard InChI is InChI=1S/C19H21N3O4/c1-14(18(24)22-19(13-21)9-5-2-6-10-19)26-17(23)12-25-16-8-4-3-7-15(16)11-20/h3-4,7-8,14H,2,5-6,9-10,12H2,1H3,(H,22,24)/t14-/m0/s1. The molecule has 7 nitrogen and oxygen atoms in total. The van der Waals surface area contributed by atoms with E-state index in [1.54, 1.807) is 24.3 Å². The van der Waals surface area contributed by atoms with Crippen LogP contribution in [0.4, 0.5) is 0 Å². The third-order valence-electron chi connectivity index (χ3n) is 4.31. The van der Waals surface area contributed by atoms with Crippen LogP contribution in [0.5, 0.6) is 5.75 Å². The van der Waals surface area contributed by atoms with E-state index < -0.39 is 30.1 Å². The van der Waals surface area contributed by atoms with E-state index in [1.807, 2.05) is 6.07 Å². The van der Waals surface area contributed by atoms with E-state index >= 15 is 0 Å². The molecular formula is C19H21N3O4. The van der Waals surface area contributed by atoms with E-state index in [9.17, 15) is 14.9 Å². The monoisotopic (exact) mass is 355 g/mol. The average Bonchev–Trinajstić information content (AvgIpc) is 2.67. The van der Waals surface area contributed by atoms with Crippen LogP contribution in [0, 0.1) is 22.7 Å². The number of carbonyl (C=O) groups excluding carboxylic acids is 2. The van der Waals surface area contributed by atoms with Gasteiger partial charge in [0.2, 0.25) is 0 Å². The average molecular weight is 355 g/mol. The third-order valence-corrected chi connectivity index (χ3v) is 4.31. The predicted octanol–water partition coefficient (Wildman–Crippen LogP) is 2.21. The molecular weight excluding hydrogens is 334 g/mol. The number of benzene rings is 1. The molecule has 1 aromatic rings. The largest absolute Gasteiger partial charge is 0.481 e. The molecule has 1 N–H and O–H groups in total. The number of para-hydroxylation sites is 1. The van der Waals surface area contributed by atoms with Crippen LogP contribution in [0.3, 0.4) is 0 Å². The molecule has 0 unspecified atom stereocenters. The molecule has 1 aliphatic rings. The number of rotatable bonds is 6. The summed E-state index contributed by atoms with van der Waals surface area (Å²) in [5, 5.41) is 21.1. The number of nitrogens with zero attached hydrogens (tertiary/aromatic N) is 2. The molecule has 1 saturated carbocycles. The third kappa shape index (κ3) is 4.97. The number of nitriles is 2. The highest BCUT2D eigenvalue weighted by atomic mass is 16.6. The maximum atomic E-state index is 12.3. The van der Waals surface area contributed by atoms with Crippen LogP contribution in [0.15, 0.2) is 24.3 Å². The molecule has 0 saturated heterocycles. The van der Waals surface area contributed by atoms with Gasteiger partial charge in [-0.05, 0) is 31.9 Å². The van der Waals surface area contributed by atoms with Crippen LogP contribution in [0.25, 0.3) is 0 Å². The molecule has 0 bridgehead atoms. The minimum atomic E-state index is -1.04. The summed E-state index contributed by atoms with van der Waals surface area (Å²) in [4.78, 5) is 24.2. The lowest BCUT2D eigenvalue weighted by molar-refractivity contribution is -0.157. The topological polar surface area (TPSA) is 112 Å². The fraction of sp³-hybridized carbons (Fsp3) is 0.474. The van der Waals surface area contributed by atoms with Gasteiger partial charge in [0.25, 0.3) is 5.91 Å². The van der Waals surface area contributed by atoms with Gasteiger partial charge in [-0.2, -0.15) is 10.5 Å². The van der Waals surface area contributed by atoms with Crippen molar-refractivity contribution in [2.75, 3.05) is 6.61 Å². The number of carbonyl (C=O) groups is 2. The van der Waals surface area contributed by atoms with Crippen LogP contribution >= 0.6 is 0 Å². The summed E-state index contributed by atoms with van der Waals surface area (Å²) in [6.07, 6.45) is 2.98. The normalized spacial score (nSPS) is 16.4. The van der Waals surface area contributed by atoms with Gasteiger partial charge in [0.05, 0.1) is 11.6 Å². The van der Waals surface area contributed by atoms with Gasteiger partial charge >= 0.3 is 5.97 Å². The summed E-state index contributed by atoms with van der Waals surface area (Å²) < 4.78 is 10.4. The highest BCUT2D eigenvalue weighted by molar-refractivity contribution is 5.84. The fourth-order valence-electron chi connectivity index (χ4n) is 2.86. The van der Waals surface area contributed by atoms with Gasteiger partial charge in [-0.3, -0.25) is 4.79 Å². The molecule has 0 spiro atoms. The predicted molar refractivity (Wildman–Crippen MR) is 91.8 cm³/mol. The molecule has 0 radical (unpaired) electrons. The Kier molecular flexibility index (Phi) is 6.57. The molecule has 1 aromatic carbocycles. The first-order valence-electron chi connectivity index (χ1n) is 8.54. The Labute approximate surface area is 152 Å². The molecule has 7 heteroatoms. The maximum absolute atomic E-state index is 12.3. The summed E-state index contributed by atoms with van der Waals surface area (Å²) in [5.74, 6) is -0.955. The molecule has 2 rings (SSSR count). The van der Waals surface area contributed by atoms with Crippen molar-refractivity contribution < 1.29 is 19.1 Å². The Hall–Kier alpha value is -3.06. The summed E-state index contributed by atoms with van der Waals surface area (Å²) in [5.41, 5.74) is -0.572. The maximum Gasteiger partial charge on any atom is 0.344 e. The van der Waals surface area contributed by atoms with Crippen molar-refractivity contribution in [1.29, 1.82) is 10.5 Å². The van der Waals surface area contributed by atoms with E-state index in [-0.39, 0.29) is 5.75 Å². The first kappa shape index (κ1) is 19.3. The molecule has 1 atom stereocenters. The molecule has 0 aliphatic heterocycles. The molecule has 26 heavy (non-hydrogen) atoms. The van der Waals surface area contributed by atoms with Crippen molar-refractivity contribution in [1.82, 2.24) is 5.32 Å². The van der Waals surface area contributed by atoms with Crippen molar-refractivity contribution in [2.24, 2.45) is 0 Å². The number of nitrogens with one attached hydrogen (secondary N) is 1. The van der Waals surface area contributed by atoms with Gasteiger partial charge in [0.15, 0.2) is 12.7 Å². The van der Waals surface area contributed by atoms with E-state index in [2.05, 4.69) is 11.4 Å². The molecule has 1 fully saturated rings. The zero-order valence-electron chi connectivity index (χ0n) is 14.7. The highest BCUT2D eigenvalue weighted by Crippen LogP contribution is 2.27. The van der Waals surface area contributed by atoms with Crippen LogP contribution in [0.2, 0.25) is 0 Å². The van der Waals surface area contributed by atoms with Gasteiger partial charge in [-0.1, -0.05) is 31.4 Å². The van der Waals surface area contributed by atoms with Crippen molar-refractivity contribution in [3.63, 3.8) is 0 Å². The van der Waals surface area contributed by atoms with Gasteiger partial charge < -0.3 is 14.8 Å². The Morgan fingerprint density at radius 2 is 1.92 bits per heavy atom. The molecule has 0 aromatic heterocycles. The second-order valence-corrected chi connectivity index (χ2v) is 6.27. The first-order chi connectivity index (χ1) is 12.5. The second kappa shape index (κ2) is 8.87. The van der Waals surface area contributed by atoms with Crippen molar-refractivity contribution in [2.45, 2.75) is 50.7 Å². The van der Waals surface area contributed by atoms with E-state index in [0.29, 0.717) is 18.4 Å². The number of hydrogen-bond acceptors (Lipinski definition) is 6. The minimum Gasteiger partial charge on any atom is -0.481 e. The Balaban J connectivity index is 1.85. The fourth-order valence-corrected chi connectivity index (χ4v) is 2.86. The SMILES string of the molecule is C[C@H](OC(=O)COc1ccccc1C#N)C(=O)NC1(C#N)CCCCC1. The quantitative estimate of drug-likeness (QED) is 0.783. The van der Waals surface area contributed by atoms with E-state index in [4.69, 9.17) is 14.7 Å². The van der Waals surface area contributed by atoms with Crippen LogP contribution in [-0.4, -0.2) is 30.1 Å². The van der Waals surface area contributed by atoms with Crippen LogP contribution in [0.1, 0.15) is 44.6 Å². The summed E-state index contributed by atoms with van der Waals surface area (Å²) in [7, 11) is 0. The summed E-state index contributed by atoms with van der Waals surface area (Å²) in [6, 6.07) is 10.7. The lowest BCUT2D eigenvalue weighted by Crippen LogP contribution is -2.52. The highest BCUT2D eigenvalue weighted by Gasteiger charge is 2.35. The second-order valence-electron chi connectivity index (χ2n) is 6.27. The first-order valence-corrected chi connectivity index (χ1v) is 8.54. The minimum absolute atomic E-state index is 0.273. The number of ether oxygens (including phenoxy) is 2. The zero-order chi connectivity index (χ0) is 19.0. The Morgan fingerprint density at radius 3 is 2.58 bits per heavy atom. The lowest BCUT2D eigenvalue weighted by atomic mass is 9.83. The number of hydrogen-bond donors (Lipinski definition) is 1. The Bertz CT molecular complexity index is 742. The van der Waals surface area contributed by atoms with Gasteiger partial charge in [0, 0.05) is 0 Å². The molecule has 1 amide bonds. The lowest BCUT2D eigenvalue weighted by Gasteiger charge is -2.32. The summed E-state index contributed by atoms with van der Waals surface area (Å²) >= 11 is 0. The zero-order valence-corrected chi connectivity index (χ0v) is 14.7. The van der Waals surface area contributed by atoms with Crippen molar-refractivity contribution >= 4 is 11.9 Å². The van der Waals surface area contributed by atoms with Gasteiger partial charge in [0.1, 0.15) is 17.4 Å². The van der Waals surface area contributed by atoms with E-state index in [0.717, 1.165) is 19.3 Å². The molecule has 136 valence electrons. The summed E-state index contributed by atoms with van der Waals surface area (Å²) in [6.45, 7) is 1.03. The Morgan fingerprint density at radius 1 is 1.23 bits per heavy atom. The number of esters is 1. The molecule has 0 heterocycles. The van der Waals surface area contributed by atoms with Gasteiger partial charge in [-0.15, -0.1) is 0 Å². The van der Waals surface area contributed by atoms with Crippen LogP contribution < -0.4 is 10.1 Å². The number of amides is 1. The van der Waals surface area contributed by atoms with Crippen molar-refractivity contribution in [3.8, 4) is 17.9 Å². The van der Waals surface area contributed by atoms with Crippen LogP contribution in [-0.2, 0) is 14.3 Å². The van der Waals surface area contributed by atoms with Crippen molar-refractivity contribution in [3.05, 3.63) is 29.8 Å². The smallest absolute Gasteiger partial charge is 0.344 e. The molecule has 1 aliphatic carbocycles.